The second kappa shape index (κ2) is 7.83. The minimum Gasteiger partial charge on any atom is -0.346 e. The van der Waals surface area contributed by atoms with Gasteiger partial charge in [0.25, 0.3) is 0 Å². The number of fused-ring (bicyclic) bond motifs is 1. The molecule has 0 bridgehead atoms. The van der Waals surface area contributed by atoms with Gasteiger partial charge in [-0.1, -0.05) is 38.4 Å². The minimum absolute atomic E-state index is 0.805. The van der Waals surface area contributed by atoms with Crippen molar-refractivity contribution >= 4 is 22.5 Å². The van der Waals surface area contributed by atoms with Crippen molar-refractivity contribution in [2.45, 2.75) is 33.9 Å². The van der Waals surface area contributed by atoms with E-state index < -0.39 is 0 Å². The van der Waals surface area contributed by atoms with Crippen LogP contribution in [0.1, 0.15) is 26.3 Å². The van der Waals surface area contributed by atoms with Gasteiger partial charge in [0.05, 0.1) is 0 Å². The Morgan fingerprint density at radius 3 is 2.62 bits per heavy atom. The van der Waals surface area contributed by atoms with Crippen molar-refractivity contribution in [1.29, 1.82) is 0 Å². The Kier molecular flexibility index (Phi) is 6.09. The summed E-state index contributed by atoms with van der Waals surface area (Å²) < 4.78 is 2.34. The van der Waals surface area contributed by atoms with E-state index >= 15 is 0 Å². The fourth-order valence-electron chi connectivity index (χ4n) is 2.72. The molecule has 0 fully saturated rings. The molecule has 0 spiro atoms. The molecule has 3 nitrogen and oxygen atoms in total. The van der Waals surface area contributed by atoms with Gasteiger partial charge in [-0.05, 0) is 37.3 Å². The van der Waals surface area contributed by atoms with Gasteiger partial charge in [0, 0.05) is 41.8 Å². The van der Waals surface area contributed by atoms with Gasteiger partial charge in [-0.15, -0.1) is 0 Å². The van der Waals surface area contributed by atoms with Crippen LogP contribution in [0, 0.1) is 0 Å². The van der Waals surface area contributed by atoms with E-state index in [4.69, 9.17) is 11.6 Å². The predicted molar refractivity (Wildman–Crippen MR) is 92.1 cm³/mol. The first-order valence-corrected chi connectivity index (χ1v) is 8.27. The number of rotatable bonds is 8. The molecule has 0 aliphatic carbocycles. The first kappa shape index (κ1) is 16.3. The number of nitrogens with zero attached hydrogens (tertiary/aromatic N) is 2. The summed E-state index contributed by atoms with van der Waals surface area (Å²) in [6.45, 7) is 12.7. The molecular formula is C17H26ClN3. The van der Waals surface area contributed by atoms with Gasteiger partial charge < -0.3 is 14.8 Å². The van der Waals surface area contributed by atoms with E-state index in [-0.39, 0.29) is 0 Å². The van der Waals surface area contributed by atoms with Crippen LogP contribution in [0.2, 0.25) is 5.02 Å². The Labute approximate surface area is 132 Å². The lowest BCUT2D eigenvalue weighted by molar-refractivity contribution is 0.292. The fourth-order valence-corrected chi connectivity index (χ4v) is 2.88. The standard InChI is InChI=1S/C17H26ClN3/c1-4-19-12-14-13-21(10-9-20(5-2)6-3)17-11-15(18)7-8-16(14)17/h7-8,11,13,19H,4-6,9-10,12H2,1-3H3. The Morgan fingerprint density at radius 2 is 1.95 bits per heavy atom. The molecular weight excluding hydrogens is 282 g/mol. The van der Waals surface area contributed by atoms with Crippen molar-refractivity contribution in [2.24, 2.45) is 0 Å². The fraction of sp³-hybridized carbons (Fsp3) is 0.529. The van der Waals surface area contributed by atoms with Crippen LogP contribution in [0.5, 0.6) is 0 Å². The van der Waals surface area contributed by atoms with Crippen LogP contribution in [-0.4, -0.2) is 35.6 Å². The molecule has 1 N–H and O–H groups in total. The van der Waals surface area contributed by atoms with Crippen LogP contribution in [0.25, 0.3) is 10.9 Å². The Bertz CT molecular complexity index is 573. The van der Waals surface area contributed by atoms with Crippen LogP contribution in [-0.2, 0) is 13.1 Å². The molecule has 1 aromatic heterocycles. The third-order valence-electron chi connectivity index (χ3n) is 4.04. The smallest absolute Gasteiger partial charge is 0.0499 e. The maximum Gasteiger partial charge on any atom is 0.0499 e. The summed E-state index contributed by atoms with van der Waals surface area (Å²) in [6, 6.07) is 6.20. The average molecular weight is 308 g/mol. The van der Waals surface area contributed by atoms with E-state index in [2.05, 4.69) is 53.9 Å². The number of benzene rings is 1. The third kappa shape index (κ3) is 4.00. The highest BCUT2D eigenvalue weighted by atomic mass is 35.5. The topological polar surface area (TPSA) is 20.2 Å². The van der Waals surface area contributed by atoms with Crippen LogP contribution < -0.4 is 5.32 Å². The van der Waals surface area contributed by atoms with Gasteiger partial charge in [-0.2, -0.15) is 0 Å². The monoisotopic (exact) mass is 307 g/mol. The molecule has 4 heteroatoms. The van der Waals surface area contributed by atoms with Crippen molar-refractivity contribution < 1.29 is 0 Å². The zero-order valence-electron chi connectivity index (χ0n) is 13.3. The summed E-state index contributed by atoms with van der Waals surface area (Å²) in [5.74, 6) is 0. The molecule has 0 saturated carbocycles. The van der Waals surface area contributed by atoms with E-state index in [1.165, 1.54) is 16.5 Å². The molecule has 0 aliphatic heterocycles. The van der Waals surface area contributed by atoms with Gasteiger partial charge in [-0.3, -0.25) is 0 Å². The molecule has 1 heterocycles. The molecule has 0 radical (unpaired) electrons. The van der Waals surface area contributed by atoms with Gasteiger partial charge in [0.1, 0.15) is 0 Å². The molecule has 2 aromatic rings. The third-order valence-corrected chi connectivity index (χ3v) is 4.28. The van der Waals surface area contributed by atoms with Crippen LogP contribution in [0.15, 0.2) is 24.4 Å². The minimum atomic E-state index is 0.805. The maximum absolute atomic E-state index is 6.18. The number of hydrogen-bond donors (Lipinski definition) is 1. The van der Waals surface area contributed by atoms with Crippen LogP contribution in [0.4, 0.5) is 0 Å². The number of hydrogen-bond acceptors (Lipinski definition) is 2. The molecule has 0 saturated heterocycles. The number of halogens is 1. The Morgan fingerprint density at radius 1 is 1.19 bits per heavy atom. The highest BCUT2D eigenvalue weighted by Gasteiger charge is 2.09. The molecule has 0 atom stereocenters. The molecule has 21 heavy (non-hydrogen) atoms. The second-order valence-electron chi connectivity index (χ2n) is 5.32. The summed E-state index contributed by atoms with van der Waals surface area (Å²) >= 11 is 6.18. The molecule has 0 unspecified atom stereocenters. The highest BCUT2D eigenvalue weighted by Crippen LogP contribution is 2.25. The summed E-state index contributed by atoms with van der Waals surface area (Å²) in [5.41, 5.74) is 2.59. The van der Waals surface area contributed by atoms with E-state index in [9.17, 15) is 0 Å². The summed E-state index contributed by atoms with van der Waals surface area (Å²) in [6.07, 6.45) is 2.27. The molecule has 116 valence electrons. The second-order valence-corrected chi connectivity index (χ2v) is 5.75. The quantitative estimate of drug-likeness (QED) is 0.801. The van der Waals surface area contributed by atoms with Crippen LogP contribution >= 0.6 is 11.6 Å². The maximum atomic E-state index is 6.18. The van der Waals surface area contributed by atoms with Crippen molar-refractivity contribution in [3.8, 4) is 0 Å². The summed E-state index contributed by atoms with van der Waals surface area (Å²) in [4.78, 5) is 2.44. The van der Waals surface area contributed by atoms with E-state index in [0.29, 0.717) is 0 Å². The lowest BCUT2D eigenvalue weighted by Gasteiger charge is -2.18. The summed E-state index contributed by atoms with van der Waals surface area (Å²) in [5, 5.41) is 5.53. The average Bonchev–Trinajstić information content (AvgIpc) is 2.83. The first-order chi connectivity index (χ1) is 10.2. The van der Waals surface area contributed by atoms with E-state index in [0.717, 1.165) is 44.3 Å². The number of likely N-dealkylation sites (N-methyl/N-ethyl adjacent to an activating group) is 1. The molecule has 0 aliphatic rings. The Balaban J connectivity index is 2.26. The zero-order chi connectivity index (χ0) is 15.2. The number of nitrogens with one attached hydrogen (secondary N) is 1. The zero-order valence-corrected chi connectivity index (χ0v) is 14.1. The SMILES string of the molecule is CCNCc1cn(CCN(CC)CC)c2cc(Cl)ccc12. The predicted octanol–water partition coefficient (Wildman–Crippen LogP) is 3.75. The highest BCUT2D eigenvalue weighted by molar-refractivity contribution is 6.31. The summed E-state index contributed by atoms with van der Waals surface area (Å²) in [7, 11) is 0. The largest absolute Gasteiger partial charge is 0.346 e. The van der Waals surface area contributed by atoms with Gasteiger partial charge in [-0.25, -0.2) is 0 Å². The van der Waals surface area contributed by atoms with Crippen molar-refractivity contribution in [3.05, 3.63) is 35.0 Å². The molecule has 2 rings (SSSR count). The Hall–Kier alpha value is -1.03. The van der Waals surface area contributed by atoms with Crippen molar-refractivity contribution in [3.63, 3.8) is 0 Å². The van der Waals surface area contributed by atoms with Crippen molar-refractivity contribution in [2.75, 3.05) is 26.2 Å². The van der Waals surface area contributed by atoms with Gasteiger partial charge in [0.15, 0.2) is 0 Å². The lowest BCUT2D eigenvalue weighted by atomic mass is 10.2. The van der Waals surface area contributed by atoms with Crippen LogP contribution in [0.3, 0.4) is 0 Å². The van der Waals surface area contributed by atoms with E-state index in [1.54, 1.807) is 0 Å². The normalized spacial score (nSPS) is 11.7. The number of aromatic nitrogens is 1. The molecule has 1 aromatic carbocycles. The first-order valence-electron chi connectivity index (χ1n) is 7.89. The lowest BCUT2D eigenvalue weighted by Crippen LogP contribution is -2.26. The van der Waals surface area contributed by atoms with Crippen molar-refractivity contribution in [1.82, 2.24) is 14.8 Å². The van der Waals surface area contributed by atoms with Gasteiger partial charge >= 0.3 is 0 Å². The van der Waals surface area contributed by atoms with E-state index in [1.807, 2.05) is 6.07 Å². The molecule has 0 amide bonds. The van der Waals surface area contributed by atoms with Gasteiger partial charge in [0.2, 0.25) is 0 Å².